The number of carbonyl (C=O) groups excluding carboxylic acids is 1. The van der Waals surface area contributed by atoms with Crippen molar-refractivity contribution in [3.63, 3.8) is 0 Å². The van der Waals surface area contributed by atoms with Crippen LogP contribution in [-0.2, 0) is 14.8 Å². The molecule has 0 aromatic heterocycles. The van der Waals surface area contributed by atoms with Crippen LogP contribution in [0, 0.1) is 12.7 Å². The van der Waals surface area contributed by atoms with E-state index in [0.717, 1.165) is 27.2 Å². The van der Waals surface area contributed by atoms with Crippen LogP contribution in [0.2, 0.25) is 5.02 Å². The van der Waals surface area contributed by atoms with Gasteiger partial charge in [-0.25, -0.2) is 12.8 Å². The van der Waals surface area contributed by atoms with Crippen molar-refractivity contribution >= 4 is 33.2 Å². The number of methoxy groups -OCH3 is 1. The summed E-state index contributed by atoms with van der Waals surface area (Å²) in [6, 6.07) is 16.5. The lowest BCUT2D eigenvalue weighted by Crippen LogP contribution is -2.42. The second-order valence-electron chi connectivity index (χ2n) is 7.68. The van der Waals surface area contributed by atoms with Gasteiger partial charge in [-0.2, -0.15) is 0 Å². The number of hydrogen-bond acceptors (Lipinski definition) is 4. The molecule has 0 heterocycles. The number of sulfonamides is 1. The number of aryl methyl sites for hydroxylation is 1. The van der Waals surface area contributed by atoms with E-state index in [2.05, 4.69) is 5.32 Å². The van der Waals surface area contributed by atoms with Crippen molar-refractivity contribution in [2.24, 2.45) is 0 Å². The number of hydrogen-bond donors (Lipinski definition) is 1. The maximum absolute atomic E-state index is 13.7. The molecule has 3 aromatic carbocycles. The molecule has 1 amide bonds. The first kappa shape index (κ1) is 25.5. The Morgan fingerprint density at radius 1 is 1.12 bits per heavy atom. The van der Waals surface area contributed by atoms with Gasteiger partial charge in [-0.15, -0.1) is 0 Å². The fourth-order valence-electron chi connectivity index (χ4n) is 3.58. The highest BCUT2D eigenvalue weighted by Gasteiger charge is 2.28. The number of halogens is 2. The van der Waals surface area contributed by atoms with Crippen LogP contribution in [0.15, 0.2) is 71.6 Å². The van der Waals surface area contributed by atoms with E-state index in [-0.39, 0.29) is 21.6 Å². The molecule has 1 atom stereocenters. The van der Waals surface area contributed by atoms with E-state index in [9.17, 15) is 17.6 Å². The van der Waals surface area contributed by atoms with E-state index in [0.29, 0.717) is 6.42 Å². The molecule has 0 spiro atoms. The van der Waals surface area contributed by atoms with Gasteiger partial charge in [0.1, 0.15) is 18.1 Å². The van der Waals surface area contributed by atoms with Crippen LogP contribution in [0.5, 0.6) is 5.75 Å². The first-order valence-electron chi connectivity index (χ1n) is 10.6. The Labute approximate surface area is 204 Å². The SMILES string of the molecule is CC[C@@H](NC(=O)CN(c1ccc(F)c(Cl)c1)S(=O)(=O)c1ccccc1)c1ccc(OC)c(C)c1. The average molecular weight is 505 g/mol. The van der Waals surface area contributed by atoms with Crippen LogP contribution < -0.4 is 14.4 Å². The van der Waals surface area contributed by atoms with Crippen molar-refractivity contribution in [1.82, 2.24) is 5.32 Å². The quantitative estimate of drug-likeness (QED) is 0.431. The third kappa shape index (κ3) is 5.69. The predicted octanol–water partition coefficient (Wildman–Crippen LogP) is 5.26. The van der Waals surface area contributed by atoms with Gasteiger partial charge in [0, 0.05) is 0 Å². The van der Waals surface area contributed by atoms with Gasteiger partial charge in [0.25, 0.3) is 10.0 Å². The normalized spacial score (nSPS) is 12.1. The minimum absolute atomic E-state index is 0.000989. The number of rotatable bonds is 9. The number of benzene rings is 3. The van der Waals surface area contributed by atoms with Gasteiger partial charge < -0.3 is 10.1 Å². The molecule has 0 fully saturated rings. The highest BCUT2D eigenvalue weighted by Crippen LogP contribution is 2.28. The standard InChI is InChI=1S/C25H26ClFN2O4S/c1-4-23(18-10-13-24(33-3)17(2)14-18)28-25(30)16-29(19-11-12-22(27)21(26)15-19)34(31,32)20-8-6-5-7-9-20/h5-15,23H,4,16H2,1-3H3,(H,28,30)/t23-/m1/s1. The third-order valence-electron chi connectivity index (χ3n) is 5.37. The number of anilines is 1. The summed E-state index contributed by atoms with van der Waals surface area (Å²) in [6.07, 6.45) is 0.589. The van der Waals surface area contributed by atoms with E-state index in [1.165, 1.54) is 24.3 Å². The van der Waals surface area contributed by atoms with Gasteiger partial charge in [0.05, 0.1) is 28.8 Å². The van der Waals surface area contributed by atoms with Gasteiger partial charge in [0.2, 0.25) is 5.91 Å². The molecule has 3 aromatic rings. The molecule has 6 nitrogen and oxygen atoms in total. The van der Waals surface area contributed by atoms with Crippen LogP contribution in [0.4, 0.5) is 10.1 Å². The highest BCUT2D eigenvalue weighted by atomic mass is 35.5. The van der Waals surface area contributed by atoms with Crippen LogP contribution in [-0.4, -0.2) is 28.0 Å². The lowest BCUT2D eigenvalue weighted by Gasteiger charge is -2.26. The van der Waals surface area contributed by atoms with E-state index in [4.69, 9.17) is 16.3 Å². The maximum Gasteiger partial charge on any atom is 0.264 e. The Bertz CT molecular complexity index is 1270. The minimum atomic E-state index is -4.13. The summed E-state index contributed by atoms with van der Waals surface area (Å²) >= 11 is 5.91. The summed E-state index contributed by atoms with van der Waals surface area (Å²) in [7, 11) is -2.54. The molecule has 0 aliphatic heterocycles. The summed E-state index contributed by atoms with van der Waals surface area (Å²) in [5, 5.41) is 2.66. The molecule has 9 heteroatoms. The summed E-state index contributed by atoms with van der Waals surface area (Å²) in [4.78, 5) is 13.1. The van der Waals surface area contributed by atoms with E-state index in [1.54, 1.807) is 25.3 Å². The van der Waals surface area contributed by atoms with Crippen molar-refractivity contribution in [2.45, 2.75) is 31.2 Å². The van der Waals surface area contributed by atoms with E-state index in [1.807, 2.05) is 32.0 Å². The zero-order chi connectivity index (χ0) is 24.9. The third-order valence-corrected chi connectivity index (χ3v) is 7.45. The van der Waals surface area contributed by atoms with E-state index < -0.39 is 28.3 Å². The Morgan fingerprint density at radius 3 is 2.41 bits per heavy atom. The molecule has 3 rings (SSSR count). The molecular weight excluding hydrogens is 479 g/mol. The largest absolute Gasteiger partial charge is 0.496 e. The lowest BCUT2D eigenvalue weighted by molar-refractivity contribution is -0.120. The van der Waals surface area contributed by atoms with Crippen LogP contribution in [0.25, 0.3) is 0 Å². The zero-order valence-electron chi connectivity index (χ0n) is 19.1. The first-order chi connectivity index (χ1) is 16.2. The fourth-order valence-corrected chi connectivity index (χ4v) is 5.19. The number of nitrogens with one attached hydrogen (secondary N) is 1. The van der Waals surface area contributed by atoms with Crippen molar-refractivity contribution in [2.75, 3.05) is 18.0 Å². The zero-order valence-corrected chi connectivity index (χ0v) is 20.7. The van der Waals surface area contributed by atoms with Gasteiger partial charge >= 0.3 is 0 Å². The average Bonchev–Trinajstić information content (AvgIpc) is 2.83. The molecule has 180 valence electrons. The Kier molecular flexibility index (Phi) is 8.17. The molecule has 0 aliphatic rings. The van der Waals surface area contributed by atoms with Gasteiger partial charge in [-0.05, 0) is 60.9 Å². The van der Waals surface area contributed by atoms with Gasteiger partial charge in [-0.1, -0.05) is 48.9 Å². The molecule has 34 heavy (non-hydrogen) atoms. The van der Waals surface area contributed by atoms with Gasteiger partial charge in [0.15, 0.2) is 0 Å². The summed E-state index contributed by atoms with van der Waals surface area (Å²) < 4.78 is 46.8. The van der Waals surface area contributed by atoms with E-state index >= 15 is 0 Å². The molecule has 0 radical (unpaired) electrons. The number of amides is 1. The Morgan fingerprint density at radius 2 is 1.82 bits per heavy atom. The molecular formula is C25H26ClFN2O4S. The topological polar surface area (TPSA) is 75.7 Å². The molecule has 0 saturated carbocycles. The van der Waals surface area contributed by atoms with Crippen LogP contribution >= 0.6 is 11.6 Å². The van der Waals surface area contributed by atoms with Crippen LogP contribution in [0.3, 0.4) is 0 Å². The second kappa shape index (κ2) is 10.9. The smallest absolute Gasteiger partial charge is 0.264 e. The molecule has 1 N–H and O–H groups in total. The molecule has 0 saturated heterocycles. The number of carbonyl (C=O) groups is 1. The summed E-state index contributed by atoms with van der Waals surface area (Å²) in [6.45, 7) is 3.32. The molecule has 0 aliphatic carbocycles. The molecule has 0 unspecified atom stereocenters. The number of nitrogens with zero attached hydrogens (tertiary/aromatic N) is 1. The van der Waals surface area contributed by atoms with Crippen molar-refractivity contribution < 1.29 is 22.3 Å². The fraction of sp³-hybridized carbons (Fsp3) is 0.240. The lowest BCUT2D eigenvalue weighted by atomic mass is 10.0. The van der Waals surface area contributed by atoms with Gasteiger partial charge in [-0.3, -0.25) is 9.10 Å². The Balaban J connectivity index is 1.92. The predicted molar refractivity (Wildman–Crippen MR) is 131 cm³/mol. The highest BCUT2D eigenvalue weighted by molar-refractivity contribution is 7.92. The minimum Gasteiger partial charge on any atom is -0.496 e. The number of ether oxygens (including phenoxy) is 1. The summed E-state index contributed by atoms with van der Waals surface area (Å²) in [5.41, 5.74) is 1.87. The second-order valence-corrected chi connectivity index (χ2v) is 9.95. The Hall–Kier alpha value is -3.10. The van der Waals surface area contributed by atoms with Crippen LogP contribution in [0.1, 0.15) is 30.5 Å². The van der Waals surface area contributed by atoms with Crippen molar-refractivity contribution in [3.8, 4) is 5.75 Å². The monoisotopic (exact) mass is 504 g/mol. The maximum atomic E-state index is 13.7. The molecule has 0 bridgehead atoms. The first-order valence-corrected chi connectivity index (χ1v) is 12.5. The van der Waals surface area contributed by atoms with Crippen molar-refractivity contribution in [1.29, 1.82) is 0 Å². The van der Waals surface area contributed by atoms with Crippen molar-refractivity contribution in [3.05, 3.63) is 88.7 Å². The summed E-state index contributed by atoms with van der Waals surface area (Å²) in [5.74, 6) is -0.466.